The third-order valence-electron chi connectivity index (χ3n) is 4.23. The van der Waals surface area contributed by atoms with Crippen LogP contribution < -0.4 is 10.2 Å². The second-order valence-corrected chi connectivity index (χ2v) is 5.96. The Labute approximate surface area is 126 Å². The van der Waals surface area contributed by atoms with Crippen LogP contribution in [0.2, 0.25) is 0 Å². The van der Waals surface area contributed by atoms with Crippen LogP contribution >= 0.6 is 0 Å². The molecule has 2 aromatic rings. The van der Waals surface area contributed by atoms with Crippen LogP contribution in [0.25, 0.3) is 11.0 Å². The molecule has 0 spiro atoms. The molecule has 7 heteroatoms. The Morgan fingerprint density at radius 2 is 2.23 bits per heavy atom. The van der Waals surface area contributed by atoms with Gasteiger partial charge >= 0.3 is 0 Å². The summed E-state index contributed by atoms with van der Waals surface area (Å²) < 4.78 is 14.9. The van der Waals surface area contributed by atoms with E-state index < -0.39 is 11.6 Å². The van der Waals surface area contributed by atoms with Crippen molar-refractivity contribution in [3.05, 3.63) is 24.7 Å². The smallest absolute Gasteiger partial charge is 0.259 e. The number of carbonyl (C=O) groups is 1. The SMILES string of the molecule is O=C(NC1CC1)C1(F)CCN(c2ncnc3ncccc23)C1. The number of nitrogens with zero attached hydrogens (tertiary/aromatic N) is 4. The van der Waals surface area contributed by atoms with Gasteiger partial charge in [-0.15, -0.1) is 0 Å². The first kappa shape index (κ1) is 13.4. The maximum atomic E-state index is 14.9. The standard InChI is InChI=1S/C15H16FN5O/c16-15(14(22)20-10-3-4-10)5-7-21(8-15)13-11-2-1-6-17-12(11)18-9-19-13/h1-2,6,9-10H,3-5,7-8H2,(H,20,22). The molecule has 0 bridgehead atoms. The number of amides is 1. The molecule has 2 aliphatic rings. The maximum Gasteiger partial charge on any atom is 0.259 e. The van der Waals surface area contributed by atoms with Crippen molar-refractivity contribution in [3.63, 3.8) is 0 Å². The average molecular weight is 301 g/mol. The zero-order valence-corrected chi connectivity index (χ0v) is 12.0. The van der Waals surface area contributed by atoms with E-state index in [4.69, 9.17) is 0 Å². The predicted octanol–water partition coefficient (Wildman–Crippen LogP) is 1.22. The highest BCUT2D eigenvalue weighted by atomic mass is 19.1. The summed E-state index contributed by atoms with van der Waals surface area (Å²) in [6.07, 6.45) is 5.16. The molecule has 1 aliphatic carbocycles. The summed E-state index contributed by atoms with van der Waals surface area (Å²) in [5, 5.41) is 3.53. The number of aromatic nitrogens is 3. The van der Waals surface area contributed by atoms with Gasteiger partial charge in [-0.1, -0.05) is 0 Å². The van der Waals surface area contributed by atoms with E-state index in [1.165, 1.54) is 6.33 Å². The third kappa shape index (κ3) is 2.26. The number of rotatable bonds is 3. The fourth-order valence-electron chi connectivity index (χ4n) is 2.82. The molecule has 1 unspecified atom stereocenters. The highest BCUT2D eigenvalue weighted by Gasteiger charge is 2.47. The Balaban J connectivity index is 1.60. The van der Waals surface area contributed by atoms with Gasteiger partial charge in [-0.05, 0) is 25.0 Å². The van der Waals surface area contributed by atoms with Gasteiger partial charge in [0.05, 0.1) is 11.9 Å². The van der Waals surface area contributed by atoms with Crippen molar-refractivity contribution < 1.29 is 9.18 Å². The average Bonchev–Trinajstić information content (AvgIpc) is 3.26. The number of nitrogens with one attached hydrogen (secondary N) is 1. The summed E-state index contributed by atoms with van der Waals surface area (Å²) in [5.41, 5.74) is -1.27. The van der Waals surface area contributed by atoms with E-state index in [0.29, 0.717) is 18.0 Å². The second kappa shape index (κ2) is 4.86. The Morgan fingerprint density at radius 3 is 3.05 bits per heavy atom. The first-order valence-corrected chi connectivity index (χ1v) is 7.46. The highest BCUT2D eigenvalue weighted by Crippen LogP contribution is 2.32. The minimum Gasteiger partial charge on any atom is -0.352 e. The van der Waals surface area contributed by atoms with Crippen LogP contribution in [0.5, 0.6) is 0 Å². The van der Waals surface area contributed by atoms with E-state index in [1.54, 1.807) is 17.2 Å². The number of carbonyl (C=O) groups excluding carboxylic acids is 1. The summed E-state index contributed by atoms with van der Waals surface area (Å²) in [7, 11) is 0. The van der Waals surface area contributed by atoms with Gasteiger partial charge in [0.1, 0.15) is 12.1 Å². The number of halogens is 1. The van der Waals surface area contributed by atoms with Gasteiger partial charge in [0, 0.05) is 25.2 Å². The summed E-state index contributed by atoms with van der Waals surface area (Å²) in [4.78, 5) is 26.5. The van der Waals surface area contributed by atoms with Crippen molar-refractivity contribution in [1.82, 2.24) is 20.3 Å². The first-order valence-electron chi connectivity index (χ1n) is 7.46. The van der Waals surface area contributed by atoms with Crippen LogP contribution in [0.4, 0.5) is 10.2 Å². The molecule has 1 saturated heterocycles. The molecule has 0 radical (unpaired) electrons. The number of anilines is 1. The fourth-order valence-corrected chi connectivity index (χ4v) is 2.82. The molecule has 0 aromatic carbocycles. The number of pyridine rings is 1. The fraction of sp³-hybridized carbons (Fsp3) is 0.467. The summed E-state index contributed by atoms with van der Waals surface area (Å²) >= 11 is 0. The number of hydrogen-bond acceptors (Lipinski definition) is 5. The van der Waals surface area contributed by atoms with Crippen molar-refractivity contribution in [1.29, 1.82) is 0 Å². The molecule has 1 aliphatic heterocycles. The van der Waals surface area contributed by atoms with Crippen LogP contribution in [0.3, 0.4) is 0 Å². The molecule has 22 heavy (non-hydrogen) atoms. The lowest BCUT2D eigenvalue weighted by molar-refractivity contribution is -0.131. The van der Waals surface area contributed by atoms with Gasteiger partial charge in [-0.25, -0.2) is 19.3 Å². The molecule has 6 nitrogen and oxygen atoms in total. The van der Waals surface area contributed by atoms with E-state index in [2.05, 4.69) is 20.3 Å². The summed E-state index contributed by atoms with van der Waals surface area (Å²) in [6, 6.07) is 3.83. The van der Waals surface area contributed by atoms with Crippen LogP contribution in [0, 0.1) is 0 Å². The quantitative estimate of drug-likeness (QED) is 0.923. The van der Waals surface area contributed by atoms with Gasteiger partial charge in [0.15, 0.2) is 5.65 Å². The lowest BCUT2D eigenvalue weighted by atomic mass is 10.0. The molecule has 114 valence electrons. The van der Waals surface area contributed by atoms with E-state index in [1.807, 2.05) is 6.07 Å². The molecule has 1 atom stereocenters. The van der Waals surface area contributed by atoms with E-state index in [-0.39, 0.29) is 19.0 Å². The van der Waals surface area contributed by atoms with Gasteiger partial charge in [0.25, 0.3) is 5.91 Å². The van der Waals surface area contributed by atoms with Gasteiger partial charge in [-0.2, -0.15) is 0 Å². The Bertz CT molecular complexity index is 729. The number of fused-ring (bicyclic) bond motifs is 1. The maximum absolute atomic E-state index is 14.9. The largest absolute Gasteiger partial charge is 0.352 e. The molecule has 1 N–H and O–H groups in total. The van der Waals surface area contributed by atoms with Crippen molar-refractivity contribution in [2.45, 2.75) is 31.0 Å². The second-order valence-electron chi connectivity index (χ2n) is 5.96. The Morgan fingerprint density at radius 1 is 1.36 bits per heavy atom. The number of hydrogen-bond donors (Lipinski definition) is 1. The highest BCUT2D eigenvalue weighted by molar-refractivity contribution is 5.90. The number of alkyl halides is 1. The molecular weight excluding hydrogens is 285 g/mol. The van der Waals surface area contributed by atoms with Crippen LogP contribution in [-0.2, 0) is 4.79 Å². The third-order valence-corrected chi connectivity index (χ3v) is 4.23. The topological polar surface area (TPSA) is 71.0 Å². The van der Waals surface area contributed by atoms with Crippen LogP contribution in [0.1, 0.15) is 19.3 Å². The monoisotopic (exact) mass is 301 g/mol. The van der Waals surface area contributed by atoms with E-state index in [0.717, 1.165) is 18.2 Å². The van der Waals surface area contributed by atoms with Gasteiger partial charge < -0.3 is 10.2 Å². The Kier molecular flexibility index (Phi) is 2.95. The molecule has 1 saturated carbocycles. The first-order chi connectivity index (χ1) is 10.7. The minimum absolute atomic E-state index is 0.0204. The van der Waals surface area contributed by atoms with Gasteiger partial charge in [-0.3, -0.25) is 4.79 Å². The van der Waals surface area contributed by atoms with E-state index in [9.17, 15) is 9.18 Å². The van der Waals surface area contributed by atoms with Crippen molar-refractivity contribution in [2.75, 3.05) is 18.0 Å². The predicted molar refractivity (Wildman–Crippen MR) is 79.2 cm³/mol. The molecule has 4 rings (SSSR count). The lowest BCUT2D eigenvalue weighted by Gasteiger charge is -2.21. The van der Waals surface area contributed by atoms with Crippen molar-refractivity contribution in [2.24, 2.45) is 0 Å². The zero-order valence-electron chi connectivity index (χ0n) is 12.0. The lowest BCUT2D eigenvalue weighted by Crippen LogP contribution is -2.46. The summed E-state index contributed by atoms with van der Waals surface area (Å²) in [5.74, 6) is 0.144. The Hall–Kier alpha value is -2.31. The van der Waals surface area contributed by atoms with Crippen LogP contribution in [-0.4, -0.2) is 45.7 Å². The minimum atomic E-state index is -1.85. The van der Waals surface area contributed by atoms with Gasteiger partial charge in [0.2, 0.25) is 5.67 Å². The molecular formula is C15H16FN5O. The zero-order chi connectivity index (χ0) is 15.2. The summed E-state index contributed by atoms with van der Waals surface area (Å²) in [6.45, 7) is 0.474. The molecule has 2 aromatic heterocycles. The van der Waals surface area contributed by atoms with Crippen molar-refractivity contribution in [3.8, 4) is 0 Å². The van der Waals surface area contributed by atoms with Crippen molar-refractivity contribution >= 4 is 22.8 Å². The normalized spacial score (nSPS) is 24.7. The van der Waals surface area contributed by atoms with E-state index >= 15 is 0 Å². The molecule has 3 heterocycles. The molecule has 2 fully saturated rings. The van der Waals surface area contributed by atoms with Crippen LogP contribution in [0.15, 0.2) is 24.7 Å². The molecule has 1 amide bonds.